The minimum absolute atomic E-state index is 0.299. The van der Waals surface area contributed by atoms with Gasteiger partial charge in [0.2, 0.25) is 0 Å². The number of aliphatic imine (C=N–C) groups is 1. The number of ether oxygens (including phenoxy) is 1. The van der Waals surface area contributed by atoms with E-state index < -0.39 is 0 Å². The van der Waals surface area contributed by atoms with Crippen LogP contribution in [0.15, 0.2) is 16.3 Å². The van der Waals surface area contributed by atoms with Crippen molar-refractivity contribution in [2.45, 2.75) is 58.7 Å². The second kappa shape index (κ2) is 7.23. The van der Waals surface area contributed by atoms with Gasteiger partial charge in [-0.3, -0.25) is 9.89 Å². The van der Waals surface area contributed by atoms with Gasteiger partial charge in [0.1, 0.15) is 0 Å². The number of nitrogens with two attached hydrogens (primary N) is 1. The van der Waals surface area contributed by atoms with Crippen molar-refractivity contribution in [1.82, 2.24) is 4.90 Å². The summed E-state index contributed by atoms with van der Waals surface area (Å²) >= 11 is 0. The molecule has 1 aliphatic carbocycles. The molecule has 0 aromatic carbocycles. The Morgan fingerprint density at radius 1 is 1.30 bits per heavy atom. The fraction of sp³-hybridized carbons (Fsp3) is 0.812. The summed E-state index contributed by atoms with van der Waals surface area (Å²) in [7, 11) is 0. The standard InChI is InChI=1S/C16H29N3O/c1-4-8-18-16-7-5-6-14(16)15(17)11-19-9-12(2)20-13(3)10-19/h12-13H,4-11,17H2,1-3H3/b15-14-,18-16?/t12-,13+. The summed E-state index contributed by atoms with van der Waals surface area (Å²) in [6.45, 7) is 10.2. The Balaban J connectivity index is 2.02. The van der Waals surface area contributed by atoms with Crippen LogP contribution in [0.4, 0.5) is 0 Å². The minimum atomic E-state index is 0.299. The van der Waals surface area contributed by atoms with Gasteiger partial charge in [0.25, 0.3) is 0 Å². The van der Waals surface area contributed by atoms with E-state index >= 15 is 0 Å². The number of nitrogens with zero attached hydrogens (tertiary/aromatic N) is 2. The first-order chi connectivity index (χ1) is 9.60. The molecule has 4 heteroatoms. The van der Waals surface area contributed by atoms with Crippen LogP contribution in [-0.2, 0) is 4.74 Å². The van der Waals surface area contributed by atoms with Crippen molar-refractivity contribution >= 4 is 5.71 Å². The highest BCUT2D eigenvalue weighted by Gasteiger charge is 2.24. The molecule has 2 aliphatic rings. The van der Waals surface area contributed by atoms with Crippen LogP contribution in [0.2, 0.25) is 0 Å². The van der Waals surface area contributed by atoms with E-state index in [4.69, 9.17) is 15.5 Å². The zero-order chi connectivity index (χ0) is 14.5. The maximum absolute atomic E-state index is 6.38. The Hall–Kier alpha value is -0.870. The van der Waals surface area contributed by atoms with E-state index in [1.807, 2.05) is 0 Å². The molecule has 2 rings (SSSR count). The topological polar surface area (TPSA) is 50.8 Å². The monoisotopic (exact) mass is 279 g/mol. The summed E-state index contributed by atoms with van der Waals surface area (Å²) in [6, 6.07) is 0. The molecule has 0 radical (unpaired) electrons. The Labute approximate surface area is 123 Å². The highest BCUT2D eigenvalue weighted by molar-refractivity contribution is 6.02. The summed E-state index contributed by atoms with van der Waals surface area (Å²) in [5, 5.41) is 0. The van der Waals surface area contributed by atoms with Crippen LogP contribution in [0, 0.1) is 0 Å². The van der Waals surface area contributed by atoms with Crippen molar-refractivity contribution in [3.05, 3.63) is 11.3 Å². The molecule has 1 saturated heterocycles. The summed E-state index contributed by atoms with van der Waals surface area (Å²) < 4.78 is 5.78. The van der Waals surface area contributed by atoms with Crippen LogP contribution in [0.1, 0.15) is 46.5 Å². The predicted octanol–water partition coefficient (Wildman–Crippen LogP) is 2.34. The first-order valence-electron chi connectivity index (χ1n) is 7.99. The molecule has 4 nitrogen and oxygen atoms in total. The molecule has 0 aromatic rings. The molecular weight excluding hydrogens is 250 g/mol. The Morgan fingerprint density at radius 2 is 2.00 bits per heavy atom. The van der Waals surface area contributed by atoms with Crippen LogP contribution in [-0.4, -0.2) is 49.0 Å². The van der Waals surface area contributed by atoms with E-state index in [-0.39, 0.29) is 0 Å². The first-order valence-corrected chi connectivity index (χ1v) is 7.99. The van der Waals surface area contributed by atoms with Crippen molar-refractivity contribution in [2.24, 2.45) is 10.7 Å². The van der Waals surface area contributed by atoms with E-state index in [0.29, 0.717) is 12.2 Å². The van der Waals surface area contributed by atoms with Crippen LogP contribution < -0.4 is 5.73 Å². The normalized spacial score (nSPS) is 32.9. The average Bonchev–Trinajstić information content (AvgIpc) is 2.83. The highest BCUT2D eigenvalue weighted by atomic mass is 16.5. The summed E-state index contributed by atoms with van der Waals surface area (Å²) in [5.41, 5.74) is 9.99. The highest BCUT2D eigenvalue weighted by Crippen LogP contribution is 2.24. The number of morpholine rings is 1. The summed E-state index contributed by atoms with van der Waals surface area (Å²) in [4.78, 5) is 7.12. The Bertz CT molecular complexity index is 379. The van der Waals surface area contributed by atoms with Gasteiger partial charge >= 0.3 is 0 Å². The lowest BCUT2D eigenvalue weighted by molar-refractivity contribution is -0.0653. The van der Waals surface area contributed by atoms with Crippen LogP contribution in [0.5, 0.6) is 0 Å². The van der Waals surface area contributed by atoms with Crippen molar-refractivity contribution < 1.29 is 4.74 Å². The lowest BCUT2D eigenvalue weighted by Gasteiger charge is -2.35. The second-order valence-electron chi connectivity index (χ2n) is 6.14. The molecule has 1 saturated carbocycles. The molecule has 2 N–H and O–H groups in total. The van der Waals surface area contributed by atoms with E-state index in [0.717, 1.165) is 51.1 Å². The molecule has 0 spiro atoms. The largest absolute Gasteiger partial charge is 0.401 e. The molecule has 2 fully saturated rings. The first kappa shape index (κ1) is 15.5. The summed E-state index contributed by atoms with van der Waals surface area (Å²) in [5.74, 6) is 0. The van der Waals surface area contributed by atoms with Gasteiger partial charge in [-0.1, -0.05) is 6.92 Å². The van der Waals surface area contributed by atoms with Crippen molar-refractivity contribution in [2.75, 3.05) is 26.2 Å². The van der Waals surface area contributed by atoms with Gasteiger partial charge in [-0.15, -0.1) is 0 Å². The van der Waals surface area contributed by atoms with Crippen LogP contribution in [0.3, 0.4) is 0 Å². The SMILES string of the molecule is CCCN=C1CCC/C1=C(/N)CN1C[C@@H](C)O[C@@H](C)C1. The fourth-order valence-corrected chi connectivity index (χ4v) is 3.24. The van der Waals surface area contributed by atoms with Gasteiger partial charge in [-0.25, -0.2) is 0 Å². The van der Waals surface area contributed by atoms with E-state index in [1.165, 1.54) is 17.7 Å². The molecule has 1 heterocycles. The third kappa shape index (κ3) is 4.06. The zero-order valence-corrected chi connectivity index (χ0v) is 13.2. The Kier molecular flexibility index (Phi) is 5.61. The molecule has 0 unspecified atom stereocenters. The quantitative estimate of drug-likeness (QED) is 0.859. The maximum atomic E-state index is 6.38. The van der Waals surface area contributed by atoms with Gasteiger partial charge in [0.05, 0.1) is 12.2 Å². The zero-order valence-electron chi connectivity index (χ0n) is 13.2. The molecule has 20 heavy (non-hydrogen) atoms. The molecule has 0 amide bonds. The van der Waals surface area contributed by atoms with Crippen LogP contribution in [0.25, 0.3) is 0 Å². The third-order valence-electron chi connectivity index (χ3n) is 3.99. The molecule has 2 atom stereocenters. The molecule has 0 aromatic heterocycles. The van der Waals surface area contributed by atoms with Crippen molar-refractivity contribution in [3.63, 3.8) is 0 Å². The number of hydrogen-bond acceptors (Lipinski definition) is 4. The number of allylic oxidation sites excluding steroid dienone is 1. The molecular formula is C16H29N3O. The van der Waals surface area contributed by atoms with Gasteiger partial charge in [-0.05, 0) is 45.1 Å². The van der Waals surface area contributed by atoms with Crippen molar-refractivity contribution in [1.29, 1.82) is 0 Å². The Morgan fingerprint density at radius 3 is 2.65 bits per heavy atom. The average molecular weight is 279 g/mol. The second-order valence-corrected chi connectivity index (χ2v) is 6.14. The van der Waals surface area contributed by atoms with Crippen molar-refractivity contribution in [3.8, 4) is 0 Å². The molecule has 0 bridgehead atoms. The summed E-state index contributed by atoms with van der Waals surface area (Å²) in [6.07, 6.45) is 5.11. The minimum Gasteiger partial charge on any atom is -0.401 e. The van der Waals surface area contributed by atoms with Gasteiger partial charge in [0, 0.05) is 37.6 Å². The van der Waals surface area contributed by atoms with Gasteiger partial charge in [0.15, 0.2) is 0 Å². The van der Waals surface area contributed by atoms with Gasteiger partial charge in [-0.2, -0.15) is 0 Å². The fourth-order valence-electron chi connectivity index (χ4n) is 3.24. The lowest BCUT2D eigenvalue weighted by Crippen LogP contribution is -2.46. The molecule has 1 aliphatic heterocycles. The van der Waals surface area contributed by atoms with E-state index in [9.17, 15) is 0 Å². The maximum Gasteiger partial charge on any atom is 0.0678 e. The van der Waals surface area contributed by atoms with E-state index in [1.54, 1.807) is 0 Å². The third-order valence-corrected chi connectivity index (χ3v) is 3.99. The van der Waals surface area contributed by atoms with Gasteiger partial charge < -0.3 is 10.5 Å². The van der Waals surface area contributed by atoms with Crippen LogP contribution >= 0.6 is 0 Å². The smallest absolute Gasteiger partial charge is 0.0678 e. The number of hydrogen-bond donors (Lipinski definition) is 1. The van der Waals surface area contributed by atoms with E-state index in [2.05, 4.69) is 25.7 Å². The predicted molar refractivity (Wildman–Crippen MR) is 84.1 cm³/mol. The molecule has 114 valence electrons. The lowest BCUT2D eigenvalue weighted by atomic mass is 10.1. The number of rotatable bonds is 4.